The van der Waals surface area contributed by atoms with Crippen molar-refractivity contribution in [1.29, 1.82) is 0 Å². The first kappa shape index (κ1) is 15.1. The molecule has 3 N–H and O–H groups in total. The number of H-pyrrole nitrogens is 2. The number of benzene rings is 2. The number of nitrogens with one attached hydrogen (secondary N) is 2. The first-order valence-electron chi connectivity index (χ1n) is 7.89. The molecule has 6 nitrogen and oxygen atoms in total. The molecule has 2 aromatic carbocycles. The molecule has 2 heterocycles. The lowest BCUT2D eigenvalue weighted by molar-refractivity contribution is 0.414. The Morgan fingerprint density at radius 3 is 2.56 bits per heavy atom. The third kappa shape index (κ3) is 2.67. The van der Waals surface area contributed by atoms with Crippen LogP contribution < -0.4 is 10.4 Å². The number of fused-ring (bicyclic) bond motifs is 1. The van der Waals surface area contributed by atoms with Crippen molar-refractivity contribution in [3.05, 3.63) is 76.5 Å². The van der Waals surface area contributed by atoms with Crippen molar-refractivity contribution >= 4 is 10.9 Å². The predicted molar refractivity (Wildman–Crippen MR) is 95.7 cm³/mol. The second-order valence-corrected chi connectivity index (χ2v) is 5.82. The molecule has 4 rings (SSSR count). The molecule has 0 radical (unpaired) electrons. The number of rotatable bonds is 4. The molecule has 4 aromatic rings. The van der Waals surface area contributed by atoms with E-state index in [1.54, 1.807) is 31.4 Å². The van der Waals surface area contributed by atoms with E-state index in [0.29, 0.717) is 23.6 Å². The number of aromatic amines is 2. The summed E-state index contributed by atoms with van der Waals surface area (Å²) in [6.07, 6.45) is 0.402. The Balaban J connectivity index is 1.70. The van der Waals surface area contributed by atoms with Crippen molar-refractivity contribution in [2.45, 2.75) is 6.42 Å². The van der Waals surface area contributed by atoms with Crippen molar-refractivity contribution in [1.82, 2.24) is 14.5 Å². The molecule has 0 unspecified atom stereocenters. The second-order valence-electron chi connectivity index (χ2n) is 5.82. The Hall–Kier alpha value is -3.41. The molecule has 0 saturated carbocycles. The van der Waals surface area contributed by atoms with Crippen LogP contribution in [0.5, 0.6) is 11.6 Å². The zero-order valence-corrected chi connectivity index (χ0v) is 13.6. The van der Waals surface area contributed by atoms with Gasteiger partial charge in [-0.25, -0.2) is 9.36 Å². The summed E-state index contributed by atoms with van der Waals surface area (Å²) in [5.41, 5.74) is 2.59. The molecule has 25 heavy (non-hydrogen) atoms. The van der Waals surface area contributed by atoms with Crippen molar-refractivity contribution in [2.24, 2.45) is 0 Å². The standard InChI is InChI=1S/C19H17N3O3/c1-25-15-8-6-14(7-9-15)22-18(23)17(21-19(22)24)11-13-10-12-4-2-3-5-16(12)20-13/h2-10,20,23H,11H2,1H3,(H,21,24). The highest BCUT2D eigenvalue weighted by molar-refractivity contribution is 5.80. The minimum Gasteiger partial charge on any atom is -0.497 e. The fraction of sp³-hybridized carbons (Fsp3) is 0.105. The van der Waals surface area contributed by atoms with E-state index < -0.39 is 0 Å². The third-order valence-electron chi connectivity index (χ3n) is 4.23. The van der Waals surface area contributed by atoms with Crippen LogP contribution in [-0.2, 0) is 6.42 Å². The van der Waals surface area contributed by atoms with Gasteiger partial charge in [0.15, 0.2) is 0 Å². The highest BCUT2D eigenvalue weighted by atomic mass is 16.5. The van der Waals surface area contributed by atoms with Crippen LogP contribution in [0.1, 0.15) is 11.4 Å². The molecule has 0 fully saturated rings. The van der Waals surface area contributed by atoms with Gasteiger partial charge in [0.25, 0.3) is 0 Å². The number of nitrogens with zero attached hydrogens (tertiary/aromatic N) is 1. The summed E-state index contributed by atoms with van der Waals surface area (Å²) >= 11 is 0. The number of hydrogen-bond donors (Lipinski definition) is 3. The number of aromatic nitrogens is 3. The van der Waals surface area contributed by atoms with Crippen molar-refractivity contribution in [3.63, 3.8) is 0 Å². The predicted octanol–water partition coefficient (Wildman–Crippen LogP) is 2.95. The Labute approximate surface area is 143 Å². The minimum atomic E-state index is -0.381. The fourth-order valence-electron chi connectivity index (χ4n) is 2.99. The number of imidazole rings is 1. The SMILES string of the molecule is COc1ccc(-n2c(O)c(Cc3cc4ccccc4[nH]3)[nH]c2=O)cc1. The highest BCUT2D eigenvalue weighted by Gasteiger charge is 2.16. The van der Waals surface area contributed by atoms with Crippen LogP contribution >= 0.6 is 0 Å². The molecule has 0 aliphatic heterocycles. The van der Waals surface area contributed by atoms with Crippen molar-refractivity contribution < 1.29 is 9.84 Å². The van der Waals surface area contributed by atoms with Gasteiger partial charge in [0.05, 0.1) is 18.5 Å². The quantitative estimate of drug-likeness (QED) is 0.536. The Kier molecular flexibility index (Phi) is 3.57. The Morgan fingerprint density at radius 2 is 1.84 bits per heavy atom. The van der Waals surface area contributed by atoms with Crippen LogP contribution in [-0.4, -0.2) is 26.8 Å². The maximum atomic E-state index is 12.3. The molecule has 0 bridgehead atoms. The van der Waals surface area contributed by atoms with Crippen LogP contribution in [0.15, 0.2) is 59.4 Å². The van der Waals surface area contributed by atoms with E-state index in [1.807, 2.05) is 30.3 Å². The van der Waals surface area contributed by atoms with E-state index in [2.05, 4.69) is 9.97 Å². The van der Waals surface area contributed by atoms with Gasteiger partial charge < -0.3 is 19.8 Å². The van der Waals surface area contributed by atoms with Gasteiger partial charge in [-0.1, -0.05) is 18.2 Å². The van der Waals surface area contributed by atoms with Gasteiger partial charge in [-0.15, -0.1) is 0 Å². The third-order valence-corrected chi connectivity index (χ3v) is 4.23. The molecule has 2 aromatic heterocycles. The van der Waals surface area contributed by atoms with Gasteiger partial charge in [-0.2, -0.15) is 0 Å². The van der Waals surface area contributed by atoms with Gasteiger partial charge in [-0.3, -0.25) is 0 Å². The van der Waals surface area contributed by atoms with E-state index in [9.17, 15) is 9.90 Å². The zero-order chi connectivity index (χ0) is 17.4. The molecule has 0 atom stereocenters. The fourth-order valence-corrected chi connectivity index (χ4v) is 2.99. The van der Waals surface area contributed by atoms with Crippen LogP contribution in [0.2, 0.25) is 0 Å². The summed E-state index contributed by atoms with van der Waals surface area (Å²) in [4.78, 5) is 18.3. The van der Waals surface area contributed by atoms with Crippen molar-refractivity contribution in [2.75, 3.05) is 7.11 Å². The summed E-state index contributed by atoms with van der Waals surface area (Å²) < 4.78 is 6.36. The lowest BCUT2D eigenvalue weighted by atomic mass is 10.2. The molecule has 0 aliphatic carbocycles. The number of hydrogen-bond acceptors (Lipinski definition) is 3. The largest absolute Gasteiger partial charge is 0.497 e. The molecule has 0 amide bonds. The second kappa shape index (κ2) is 5.90. The lowest BCUT2D eigenvalue weighted by Crippen LogP contribution is -2.14. The molecule has 0 aliphatic rings. The van der Waals surface area contributed by atoms with E-state index in [1.165, 1.54) is 4.57 Å². The number of methoxy groups -OCH3 is 1. The molecular weight excluding hydrogens is 318 g/mol. The lowest BCUT2D eigenvalue weighted by Gasteiger charge is -2.05. The first-order chi connectivity index (χ1) is 12.2. The number of ether oxygens (including phenoxy) is 1. The molecule has 0 spiro atoms. The normalized spacial score (nSPS) is 11.1. The minimum absolute atomic E-state index is 0.0891. The van der Waals surface area contributed by atoms with Crippen LogP contribution in [0.25, 0.3) is 16.6 Å². The van der Waals surface area contributed by atoms with E-state index in [4.69, 9.17) is 4.74 Å². The van der Waals surface area contributed by atoms with Gasteiger partial charge in [0.1, 0.15) is 5.75 Å². The average molecular weight is 335 g/mol. The van der Waals surface area contributed by atoms with Gasteiger partial charge in [0, 0.05) is 17.6 Å². The van der Waals surface area contributed by atoms with Gasteiger partial charge in [-0.05, 0) is 41.8 Å². The maximum absolute atomic E-state index is 12.3. The molecule has 126 valence electrons. The average Bonchev–Trinajstić information content (AvgIpc) is 3.15. The summed E-state index contributed by atoms with van der Waals surface area (Å²) in [5, 5.41) is 11.6. The summed E-state index contributed by atoms with van der Waals surface area (Å²) in [6.45, 7) is 0. The van der Waals surface area contributed by atoms with Gasteiger partial charge in [0.2, 0.25) is 5.88 Å². The van der Waals surface area contributed by atoms with Crippen molar-refractivity contribution in [3.8, 4) is 17.3 Å². The zero-order valence-electron chi connectivity index (χ0n) is 13.6. The monoisotopic (exact) mass is 335 g/mol. The van der Waals surface area contributed by atoms with Crippen LogP contribution in [0, 0.1) is 0 Å². The Bertz CT molecular complexity index is 1050. The van der Waals surface area contributed by atoms with E-state index in [0.717, 1.165) is 16.6 Å². The Morgan fingerprint density at radius 1 is 1.08 bits per heavy atom. The van der Waals surface area contributed by atoms with Crippen LogP contribution in [0.3, 0.4) is 0 Å². The summed E-state index contributed by atoms with van der Waals surface area (Å²) in [7, 11) is 1.58. The smallest absolute Gasteiger partial charge is 0.333 e. The van der Waals surface area contributed by atoms with E-state index >= 15 is 0 Å². The van der Waals surface area contributed by atoms with Gasteiger partial charge >= 0.3 is 5.69 Å². The molecular formula is C19H17N3O3. The highest BCUT2D eigenvalue weighted by Crippen LogP contribution is 2.23. The molecule has 6 heteroatoms. The first-order valence-corrected chi connectivity index (χ1v) is 7.89. The number of aromatic hydroxyl groups is 1. The summed E-state index contributed by atoms with van der Waals surface area (Å²) in [6, 6.07) is 16.9. The molecule has 0 saturated heterocycles. The maximum Gasteiger partial charge on any atom is 0.333 e. The topological polar surface area (TPSA) is 83.0 Å². The van der Waals surface area contributed by atoms with E-state index in [-0.39, 0.29) is 11.6 Å². The van der Waals surface area contributed by atoms with Crippen LogP contribution in [0.4, 0.5) is 0 Å². The number of para-hydroxylation sites is 1. The summed E-state index contributed by atoms with van der Waals surface area (Å²) in [5.74, 6) is 0.596.